The van der Waals surface area contributed by atoms with Gasteiger partial charge in [-0.05, 0) is 34.1 Å². The standard InChI is InChI=1S/C11H19N3O2/c1-6(13-11(15)7(2)12)5-10-8(3)14-16-9(10)4/h6-7H,5,12H2,1-4H3,(H,13,15)/t6?,7-/m1/s1. The first kappa shape index (κ1) is 12.7. The summed E-state index contributed by atoms with van der Waals surface area (Å²) in [6.07, 6.45) is 0.708. The Morgan fingerprint density at radius 3 is 2.56 bits per heavy atom. The highest BCUT2D eigenvalue weighted by Crippen LogP contribution is 2.14. The van der Waals surface area contributed by atoms with Gasteiger partial charge < -0.3 is 15.6 Å². The maximum atomic E-state index is 11.4. The molecule has 0 saturated carbocycles. The van der Waals surface area contributed by atoms with E-state index in [9.17, 15) is 4.79 Å². The number of rotatable bonds is 4. The van der Waals surface area contributed by atoms with Crippen LogP contribution >= 0.6 is 0 Å². The van der Waals surface area contributed by atoms with Gasteiger partial charge in [0.2, 0.25) is 5.91 Å². The third-order valence-electron chi connectivity index (χ3n) is 2.49. The van der Waals surface area contributed by atoms with Crippen molar-refractivity contribution in [3.8, 4) is 0 Å². The number of aromatic nitrogens is 1. The van der Waals surface area contributed by atoms with Gasteiger partial charge in [-0.15, -0.1) is 0 Å². The molecular formula is C11H19N3O2. The minimum absolute atomic E-state index is 0.0234. The fourth-order valence-corrected chi connectivity index (χ4v) is 1.52. The fraction of sp³-hybridized carbons (Fsp3) is 0.636. The third-order valence-corrected chi connectivity index (χ3v) is 2.49. The molecular weight excluding hydrogens is 206 g/mol. The lowest BCUT2D eigenvalue weighted by atomic mass is 10.1. The molecule has 0 radical (unpaired) electrons. The Morgan fingerprint density at radius 2 is 2.12 bits per heavy atom. The molecule has 1 heterocycles. The summed E-state index contributed by atoms with van der Waals surface area (Å²) in [5.74, 6) is 0.665. The normalized spacial score (nSPS) is 14.6. The van der Waals surface area contributed by atoms with Crippen molar-refractivity contribution in [3.05, 3.63) is 17.0 Å². The molecule has 0 bridgehead atoms. The van der Waals surface area contributed by atoms with Crippen molar-refractivity contribution in [3.63, 3.8) is 0 Å². The van der Waals surface area contributed by atoms with Crippen LogP contribution in [0.1, 0.15) is 30.9 Å². The van der Waals surface area contributed by atoms with Crippen LogP contribution in [0.15, 0.2) is 4.52 Å². The van der Waals surface area contributed by atoms with Crippen LogP contribution in [0.4, 0.5) is 0 Å². The quantitative estimate of drug-likeness (QED) is 0.789. The van der Waals surface area contributed by atoms with Crippen LogP contribution in [0.25, 0.3) is 0 Å². The van der Waals surface area contributed by atoms with Crippen molar-refractivity contribution in [2.24, 2.45) is 5.73 Å². The molecule has 0 fully saturated rings. The Balaban J connectivity index is 2.58. The highest BCUT2D eigenvalue weighted by atomic mass is 16.5. The van der Waals surface area contributed by atoms with Gasteiger partial charge in [0.15, 0.2) is 0 Å². The molecule has 90 valence electrons. The Morgan fingerprint density at radius 1 is 1.50 bits per heavy atom. The Labute approximate surface area is 95.4 Å². The number of hydrogen-bond donors (Lipinski definition) is 2. The fourth-order valence-electron chi connectivity index (χ4n) is 1.52. The first-order valence-corrected chi connectivity index (χ1v) is 5.39. The van der Waals surface area contributed by atoms with E-state index in [1.807, 2.05) is 20.8 Å². The summed E-state index contributed by atoms with van der Waals surface area (Å²) in [5.41, 5.74) is 7.40. The smallest absolute Gasteiger partial charge is 0.236 e. The van der Waals surface area contributed by atoms with Gasteiger partial charge in [-0.25, -0.2) is 0 Å². The lowest BCUT2D eigenvalue weighted by Crippen LogP contribution is -2.43. The van der Waals surface area contributed by atoms with Gasteiger partial charge in [0.05, 0.1) is 11.7 Å². The van der Waals surface area contributed by atoms with Crippen LogP contribution in [0.2, 0.25) is 0 Å². The van der Waals surface area contributed by atoms with Crippen LogP contribution < -0.4 is 11.1 Å². The minimum Gasteiger partial charge on any atom is -0.361 e. The van der Waals surface area contributed by atoms with Crippen LogP contribution in [0, 0.1) is 13.8 Å². The number of nitrogens with one attached hydrogen (secondary N) is 1. The average molecular weight is 225 g/mol. The summed E-state index contributed by atoms with van der Waals surface area (Å²) in [6.45, 7) is 7.37. The Bertz CT molecular complexity index is 352. The molecule has 5 heteroatoms. The third kappa shape index (κ3) is 3.06. The molecule has 3 N–H and O–H groups in total. The zero-order valence-electron chi connectivity index (χ0n) is 10.2. The largest absolute Gasteiger partial charge is 0.361 e. The lowest BCUT2D eigenvalue weighted by Gasteiger charge is -2.15. The molecule has 0 aliphatic heterocycles. The second kappa shape index (κ2) is 5.12. The first-order chi connectivity index (χ1) is 7.41. The van der Waals surface area contributed by atoms with Crippen molar-refractivity contribution in [2.75, 3.05) is 0 Å². The van der Waals surface area contributed by atoms with Crippen molar-refractivity contribution in [2.45, 2.75) is 46.2 Å². The lowest BCUT2D eigenvalue weighted by molar-refractivity contribution is -0.122. The zero-order chi connectivity index (χ0) is 12.3. The molecule has 0 saturated heterocycles. The maximum Gasteiger partial charge on any atom is 0.236 e. The number of carbonyl (C=O) groups excluding carboxylic acids is 1. The molecule has 1 aromatic heterocycles. The van der Waals surface area contributed by atoms with E-state index in [1.165, 1.54) is 0 Å². The van der Waals surface area contributed by atoms with E-state index >= 15 is 0 Å². The number of amides is 1. The summed E-state index contributed by atoms with van der Waals surface area (Å²) in [7, 11) is 0. The second-order valence-corrected chi connectivity index (χ2v) is 4.21. The molecule has 5 nitrogen and oxygen atoms in total. The highest BCUT2D eigenvalue weighted by molar-refractivity contribution is 5.81. The summed E-state index contributed by atoms with van der Waals surface area (Å²) in [5, 5.41) is 6.71. The van der Waals surface area contributed by atoms with E-state index in [4.69, 9.17) is 10.3 Å². The van der Waals surface area contributed by atoms with Crippen molar-refractivity contribution in [1.29, 1.82) is 0 Å². The molecule has 1 unspecified atom stereocenters. The Hall–Kier alpha value is -1.36. The summed E-state index contributed by atoms with van der Waals surface area (Å²) >= 11 is 0. The van der Waals surface area contributed by atoms with Crippen LogP contribution in [-0.2, 0) is 11.2 Å². The molecule has 0 spiro atoms. The molecule has 0 aromatic carbocycles. The monoisotopic (exact) mass is 225 g/mol. The van der Waals surface area contributed by atoms with Crippen molar-refractivity contribution < 1.29 is 9.32 Å². The van der Waals surface area contributed by atoms with E-state index in [-0.39, 0.29) is 11.9 Å². The van der Waals surface area contributed by atoms with Gasteiger partial charge in [-0.1, -0.05) is 5.16 Å². The number of nitrogens with zero attached hydrogens (tertiary/aromatic N) is 1. The van der Waals surface area contributed by atoms with Crippen LogP contribution in [0.5, 0.6) is 0 Å². The molecule has 1 rings (SSSR count). The summed E-state index contributed by atoms with van der Waals surface area (Å²) in [4.78, 5) is 11.4. The van der Waals surface area contributed by atoms with Gasteiger partial charge >= 0.3 is 0 Å². The molecule has 16 heavy (non-hydrogen) atoms. The number of hydrogen-bond acceptors (Lipinski definition) is 4. The number of nitrogens with two attached hydrogens (primary N) is 1. The first-order valence-electron chi connectivity index (χ1n) is 5.39. The molecule has 0 aliphatic rings. The average Bonchev–Trinajstić information content (AvgIpc) is 2.49. The topological polar surface area (TPSA) is 81.2 Å². The molecule has 0 aliphatic carbocycles. The second-order valence-electron chi connectivity index (χ2n) is 4.21. The summed E-state index contributed by atoms with van der Waals surface area (Å²) < 4.78 is 5.06. The van der Waals surface area contributed by atoms with Crippen LogP contribution in [0.3, 0.4) is 0 Å². The Kier molecular flexibility index (Phi) is 4.06. The van der Waals surface area contributed by atoms with E-state index in [0.717, 1.165) is 17.0 Å². The van der Waals surface area contributed by atoms with Gasteiger partial charge in [0.1, 0.15) is 5.76 Å². The van der Waals surface area contributed by atoms with E-state index in [0.29, 0.717) is 6.42 Å². The molecule has 1 amide bonds. The molecule has 1 aromatic rings. The van der Waals surface area contributed by atoms with Crippen LogP contribution in [-0.4, -0.2) is 23.1 Å². The zero-order valence-corrected chi connectivity index (χ0v) is 10.2. The van der Waals surface area contributed by atoms with Gasteiger partial charge in [-0.2, -0.15) is 0 Å². The van der Waals surface area contributed by atoms with Gasteiger partial charge in [-0.3, -0.25) is 4.79 Å². The summed E-state index contributed by atoms with van der Waals surface area (Å²) in [6, 6.07) is -0.456. The number of carbonyl (C=O) groups is 1. The van der Waals surface area contributed by atoms with Gasteiger partial charge in [0, 0.05) is 11.6 Å². The predicted molar refractivity (Wildman–Crippen MR) is 60.9 cm³/mol. The molecule has 2 atom stereocenters. The van der Waals surface area contributed by atoms with E-state index in [1.54, 1.807) is 6.92 Å². The number of aryl methyl sites for hydroxylation is 2. The van der Waals surface area contributed by atoms with Crippen molar-refractivity contribution in [1.82, 2.24) is 10.5 Å². The van der Waals surface area contributed by atoms with Gasteiger partial charge in [0.25, 0.3) is 0 Å². The SMILES string of the molecule is Cc1noc(C)c1CC(C)NC(=O)[C@@H](C)N. The van der Waals surface area contributed by atoms with E-state index < -0.39 is 6.04 Å². The predicted octanol–water partition coefficient (Wildman–Crippen LogP) is 0.686. The van der Waals surface area contributed by atoms with E-state index in [2.05, 4.69) is 10.5 Å². The highest BCUT2D eigenvalue weighted by Gasteiger charge is 2.15. The van der Waals surface area contributed by atoms with Crippen molar-refractivity contribution >= 4 is 5.91 Å². The minimum atomic E-state index is -0.480. The maximum absolute atomic E-state index is 11.4.